The van der Waals surface area contributed by atoms with E-state index in [-0.39, 0.29) is 23.4 Å². The van der Waals surface area contributed by atoms with Crippen LogP contribution < -0.4 is 4.90 Å². The fourth-order valence-corrected chi connectivity index (χ4v) is 5.89. The van der Waals surface area contributed by atoms with Crippen LogP contribution in [0.2, 0.25) is 0 Å². The lowest BCUT2D eigenvalue weighted by atomic mass is 10.1. The van der Waals surface area contributed by atoms with Gasteiger partial charge in [0.25, 0.3) is 0 Å². The van der Waals surface area contributed by atoms with E-state index in [1.807, 2.05) is 45.0 Å². The smallest absolute Gasteiger partial charge is 0.245 e. The molecule has 1 heterocycles. The molecule has 0 N–H and O–H groups in total. The van der Waals surface area contributed by atoms with Gasteiger partial charge in [-0.2, -0.15) is 4.31 Å². The molecule has 0 spiro atoms. The summed E-state index contributed by atoms with van der Waals surface area (Å²) < 4.78 is 28.6. The van der Waals surface area contributed by atoms with Gasteiger partial charge in [0.15, 0.2) is 0 Å². The van der Waals surface area contributed by atoms with E-state index in [1.54, 1.807) is 29.2 Å². The summed E-state index contributed by atoms with van der Waals surface area (Å²) in [6, 6.07) is 14.6. The minimum absolute atomic E-state index is 0.0491. The van der Waals surface area contributed by atoms with Crippen molar-refractivity contribution in [3.8, 4) is 0 Å². The third kappa shape index (κ3) is 4.48. The highest BCUT2D eigenvalue weighted by atomic mass is 32.2. The summed E-state index contributed by atoms with van der Waals surface area (Å²) in [6.07, 6.45) is -0.323. The van der Waals surface area contributed by atoms with Gasteiger partial charge in [0, 0.05) is 37.8 Å². The number of amides is 1. The molecule has 168 valence electrons. The summed E-state index contributed by atoms with van der Waals surface area (Å²) in [5.74, 6) is -0.0491. The van der Waals surface area contributed by atoms with Crippen molar-refractivity contribution >= 4 is 21.6 Å². The molecule has 7 heteroatoms. The summed E-state index contributed by atoms with van der Waals surface area (Å²) in [6.45, 7) is 11.9. The highest BCUT2D eigenvalue weighted by molar-refractivity contribution is 7.89. The van der Waals surface area contributed by atoms with Crippen LogP contribution in [0.25, 0.3) is 0 Å². The fraction of sp³-hybridized carbons (Fsp3) is 0.458. The Hall–Kier alpha value is -2.38. The molecule has 1 amide bonds. The minimum atomic E-state index is -3.77. The molecule has 2 aromatic carbocycles. The van der Waals surface area contributed by atoms with Gasteiger partial charge < -0.3 is 9.80 Å². The van der Waals surface area contributed by atoms with E-state index in [2.05, 4.69) is 18.7 Å². The molecule has 2 aromatic rings. The average Bonchev–Trinajstić information content (AvgIpc) is 3.13. The number of hydrogen-bond donors (Lipinski definition) is 0. The molecule has 3 rings (SSSR count). The minimum Gasteiger partial charge on any atom is -0.372 e. The number of nitrogens with zero attached hydrogens (tertiary/aromatic N) is 3. The second-order valence-electron chi connectivity index (χ2n) is 8.03. The van der Waals surface area contributed by atoms with Crippen LogP contribution in [-0.4, -0.2) is 49.2 Å². The van der Waals surface area contributed by atoms with Gasteiger partial charge >= 0.3 is 0 Å². The quantitative estimate of drug-likeness (QED) is 0.644. The van der Waals surface area contributed by atoms with E-state index >= 15 is 0 Å². The number of hydrogen-bond acceptors (Lipinski definition) is 4. The normalized spacial score (nSPS) is 19.6. The van der Waals surface area contributed by atoms with E-state index in [4.69, 9.17) is 0 Å². The van der Waals surface area contributed by atoms with E-state index < -0.39 is 16.2 Å². The molecule has 0 radical (unpaired) electrons. The number of benzene rings is 2. The van der Waals surface area contributed by atoms with Crippen LogP contribution in [0.3, 0.4) is 0 Å². The van der Waals surface area contributed by atoms with Crippen molar-refractivity contribution in [3.63, 3.8) is 0 Å². The van der Waals surface area contributed by atoms with Gasteiger partial charge in [0.2, 0.25) is 15.9 Å². The van der Waals surface area contributed by atoms with Gasteiger partial charge in [0.05, 0.1) is 4.90 Å². The monoisotopic (exact) mass is 443 g/mol. The molecular weight excluding hydrogens is 410 g/mol. The van der Waals surface area contributed by atoms with Crippen molar-refractivity contribution < 1.29 is 13.2 Å². The zero-order valence-electron chi connectivity index (χ0n) is 19.1. The first-order chi connectivity index (χ1) is 14.7. The Balaban J connectivity index is 2.06. The molecule has 2 atom stereocenters. The Kier molecular flexibility index (Phi) is 7.06. The molecule has 0 aliphatic carbocycles. The molecule has 0 aromatic heterocycles. The van der Waals surface area contributed by atoms with E-state index in [1.165, 1.54) is 4.31 Å². The van der Waals surface area contributed by atoms with Crippen molar-refractivity contribution in [2.45, 2.75) is 58.1 Å². The van der Waals surface area contributed by atoms with Crippen molar-refractivity contribution in [2.24, 2.45) is 0 Å². The number of sulfonamides is 1. The van der Waals surface area contributed by atoms with Crippen LogP contribution in [0.5, 0.6) is 0 Å². The fourth-order valence-electron chi connectivity index (χ4n) is 4.24. The molecule has 6 nitrogen and oxygen atoms in total. The van der Waals surface area contributed by atoms with E-state index in [0.717, 1.165) is 29.9 Å². The van der Waals surface area contributed by atoms with Crippen LogP contribution in [0.1, 0.15) is 51.4 Å². The van der Waals surface area contributed by atoms with Gasteiger partial charge in [-0.05, 0) is 57.5 Å². The zero-order valence-corrected chi connectivity index (χ0v) is 19.9. The maximum absolute atomic E-state index is 13.6. The molecule has 31 heavy (non-hydrogen) atoms. The maximum Gasteiger partial charge on any atom is 0.245 e. The average molecular weight is 444 g/mol. The van der Waals surface area contributed by atoms with Gasteiger partial charge in [0.1, 0.15) is 6.17 Å². The Morgan fingerprint density at radius 1 is 1.00 bits per heavy atom. The topological polar surface area (TPSA) is 60.9 Å². The zero-order chi connectivity index (χ0) is 22.8. The molecule has 0 saturated carbocycles. The predicted molar refractivity (Wildman–Crippen MR) is 124 cm³/mol. The standard InChI is InChI=1S/C24H33N3O3S/c1-6-23(28)27-19(5)17-26(31(29,30)22-15-9-18(4)10-16-22)24(27)20-11-13-21(14-12-20)25(7-2)8-3/h9-16,19,24H,6-8,17H2,1-5H3. The molecule has 1 aliphatic rings. The van der Waals surface area contributed by atoms with Crippen LogP contribution in [0, 0.1) is 6.92 Å². The van der Waals surface area contributed by atoms with Gasteiger partial charge in [-0.25, -0.2) is 8.42 Å². The van der Waals surface area contributed by atoms with Crippen molar-refractivity contribution in [1.29, 1.82) is 0 Å². The SMILES string of the molecule is CCC(=O)N1C(C)CN(S(=O)(=O)c2ccc(C)cc2)C1c1ccc(N(CC)CC)cc1. The summed E-state index contributed by atoms with van der Waals surface area (Å²) in [5, 5.41) is 0. The van der Waals surface area contributed by atoms with Crippen LogP contribution >= 0.6 is 0 Å². The lowest BCUT2D eigenvalue weighted by molar-refractivity contribution is -0.134. The number of anilines is 1. The van der Waals surface area contributed by atoms with Crippen LogP contribution in [0.15, 0.2) is 53.4 Å². The maximum atomic E-state index is 13.6. The molecular formula is C24H33N3O3S. The summed E-state index contributed by atoms with van der Waals surface area (Å²) >= 11 is 0. The number of rotatable bonds is 7. The van der Waals surface area contributed by atoms with Gasteiger partial charge in [-0.15, -0.1) is 0 Å². The largest absolute Gasteiger partial charge is 0.372 e. The van der Waals surface area contributed by atoms with Gasteiger partial charge in [-0.1, -0.05) is 36.8 Å². The summed E-state index contributed by atoms with van der Waals surface area (Å²) in [4.78, 5) is 17.0. The third-order valence-electron chi connectivity index (χ3n) is 5.99. The molecule has 1 aliphatic heterocycles. The van der Waals surface area contributed by atoms with Crippen LogP contribution in [-0.2, 0) is 14.8 Å². The van der Waals surface area contributed by atoms with Gasteiger partial charge in [-0.3, -0.25) is 4.79 Å². The van der Waals surface area contributed by atoms with E-state index in [0.29, 0.717) is 6.42 Å². The van der Waals surface area contributed by atoms with Crippen molar-refractivity contribution in [1.82, 2.24) is 9.21 Å². The Labute approximate surface area is 186 Å². The first-order valence-corrected chi connectivity index (χ1v) is 12.4. The summed E-state index contributed by atoms with van der Waals surface area (Å²) in [7, 11) is -3.77. The predicted octanol–water partition coefficient (Wildman–Crippen LogP) is 4.17. The Morgan fingerprint density at radius 2 is 1.58 bits per heavy atom. The number of carbonyl (C=O) groups excluding carboxylic acids is 1. The molecule has 0 bridgehead atoms. The first kappa shape index (κ1) is 23.3. The number of carbonyl (C=O) groups is 1. The number of aryl methyl sites for hydroxylation is 1. The van der Waals surface area contributed by atoms with Crippen LogP contribution in [0.4, 0.5) is 5.69 Å². The second kappa shape index (κ2) is 9.40. The first-order valence-electron chi connectivity index (χ1n) is 11.0. The Bertz CT molecular complexity index is 999. The molecule has 1 saturated heterocycles. The second-order valence-corrected chi connectivity index (χ2v) is 9.92. The highest BCUT2D eigenvalue weighted by Crippen LogP contribution is 2.38. The van der Waals surface area contributed by atoms with Crippen molar-refractivity contribution in [3.05, 3.63) is 59.7 Å². The third-order valence-corrected chi connectivity index (χ3v) is 7.83. The molecule has 1 fully saturated rings. The highest BCUT2D eigenvalue weighted by Gasteiger charge is 2.46. The summed E-state index contributed by atoms with van der Waals surface area (Å²) in [5.41, 5.74) is 2.89. The van der Waals surface area contributed by atoms with Crippen molar-refractivity contribution in [2.75, 3.05) is 24.5 Å². The Morgan fingerprint density at radius 3 is 2.10 bits per heavy atom. The molecule has 2 unspecified atom stereocenters. The van der Waals surface area contributed by atoms with E-state index in [9.17, 15) is 13.2 Å². The lowest BCUT2D eigenvalue weighted by Gasteiger charge is -2.32. The lowest BCUT2D eigenvalue weighted by Crippen LogP contribution is -2.39.